The van der Waals surface area contributed by atoms with Crippen molar-refractivity contribution in [2.24, 2.45) is 0 Å². The van der Waals surface area contributed by atoms with Crippen LogP contribution in [0.4, 0.5) is 5.69 Å². The van der Waals surface area contributed by atoms with Gasteiger partial charge in [0, 0.05) is 24.1 Å². The van der Waals surface area contributed by atoms with Crippen LogP contribution in [0.2, 0.25) is 0 Å². The van der Waals surface area contributed by atoms with E-state index in [0.29, 0.717) is 29.0 Å². The third-order valence-corrected chi connectivity index (χ3v) is 5.94. The van der Waals surface area contributed by atoms with E-state index in [1.54, 1.807) is 61.8 Å². The maximum absolute atomic E-state index is 12.7. The van der Waals surface area contributed by atoms with E-state index in [-0.39, 0.29) is 10.5 Å². The molecule has 10 heteroatoms. The van der Waals surface area contributed by atoms with E-state index < -0.39 is 10.0 Å². The predicted octanol–water partition coefficient (Wildman–Crippen LogP) is 3.74. The molecule has 1 N–H and O–H groups in total. The van der Waals surface area contributed by atoms with Gasteiger partial charge in [0.2, 0.25) is 5.88 Å². The summed E-state index contributed by atoms with van der Waals surface area (Å²) in [6.45, 7) is 3.63. The standard InChI is InChI=1S/C22H18N6O3S/c1-15-25-21(28-12-11-24-16(28)2)13-22(26-15)31-19-9-7-18(8-10-19)27-32(29,30)20-6-4-3-5-17(20)14-23/h3-13,27H,1-2H3. The molecule has 0 amide bonds. The molecule has 0 fully saturated rings. The summed E-state index contributed by atoms with van der Waals surface area (Å²) in [6, 6.07) is 16.0. The van der Waals surface area contributed by atoms with Gasteiger partial charge in [-0.05, 0) is 50.2 Å². The normalized spacial score (nSPS) is 11.0. The molecule has 2 heterocycles. The molecular weight excluding hydrogens is 428 g/mol. The summed E-state index contributed by atoms with van der Waals surface area (Å²) in [5, 5.41) is 9.16. The van der Waals surface area contributed by atoms with Crippen molar-refractivity contribution in [3.63, 3.8) is 0 Å². The molecule has 0 saturated heterocycles. The second-order valence-corrected chi connectivity index (χ2v) is 8.45. The van der Waals surface area contributed by atoms with Crippen molar-refractivity contribution in [1.29, 1.82) is 5.26 Å². The smallest absolute Gasteiger partial charge is 0.263 e. The lowest BCUT2D eigenvalue weighted by molar-refractivity contribution is 0.459. The quantitative estimate of drug-likeness (QED) is 0.478. The highest BCUT2D eigenvalue weighted by atomic mass is 32.2. The maximum Gasteiger partial charge on any atom is 0.263 e. The first kappa shape index (κ1) is 21.0. The van der Waals surface area contributed by atoms with E-state index in [0.717, 1.165) is 5.82 Å². The molecule has 0 aliphatic heterocycles. The van der Waals surface area contributed by atoms with Gasteiger partial charge in [-0.15, -0.1) is 0 Å². The molecule has 0 atom stereocenters. The molecular formula is C22H18N6O3S. The van der Waals surface area contributed by atoms with Crippen LogP contribution in [0.3, 0.4) is 0 Å². The van der Waals surface area contributed by atoms with E-state index in [9.17, 15) is 8.42 Å². The summed E-state index contributed by atoms with van der Waals surface area (Å²) in [6.07, 6.45) is 3.48. The van der Waals surface area contributed by atoms with Gasteiger partial charge < -0.3 is 4.74 Å². The number of hydrogen-bond donors (Lipinski definition) is 1. The largest absolute Gasteiger partial charge is 0.439 e. The van der Waals surface area contributed by atoms with Gasteiger partial charge >= 0.3 is 0 Å². The second kappa shape index (κ2) is 8.49. The molecule has 4 aromatic rings. The zero-order valence-corrected chi connectivity index (χ0v) is 18.0. The van der Waals surface area contributed by atoms with E-state index >= 15 is 0 Å². The Morgan fingerprint density at radius 3 is 2.50 bits per heavy atom. The van der Waals surface area contributed by atoms with Crippen LogP contribution in [0.5, 0.6) is 11.6 Å². The van der Waals surface area contributed by atoms with Crippen LogP contribution >= 0.6 is 0 Å². The number of imidazole rings is 1. The highest BCUT2D eigenvalue weighted by Gasteiger charge is 2.18. The third-order valence-electron chi connectivity index (χ3n) is 4.50. The highest BCUT2D eigenvalue weighted by Crippen LogP contribution is 2.25. The van der Waals surface area contributed by atoms with Crippen molar-refractivity contribution in [3.8, 4) is 23.5 Å². The average molecular weight is 446 g/mol. The van der Waals surface area contributed by atoms with Gasteiger partial charge in [0.15, 0.2) is 0 Å². The Labute approximate surface area is 185 Å². The minimum Gasteiger partial charge on any atom is -0.439 e. The molecule has 0 radical (unpaired) electrons. The molecule has 0 bridgehead atoms. The van der Waals surface area contributed by atoms with Crippen molar-refractivity contribution < 1.29 is 13.2 Å². The van der Waals surface area contributed by atoms with Gasteiger partial charge in [-0.2, -0.15) is 10.2 Å². The fraction of sp³-hybridized carbons (Fsp3) is 0.0909. The van der Waals surface area contributed by atoms with Gasteiger partial charge in [0.25, 0.3) is 10.0 Å². The van der Waals surface area contributed by atoms with Crippen LogP contribution in [-0.2, 0) is 10.0 Å². The minimum absolute atomic E-state index is 0.0722. The third kappa shape index (κ3) is 4.43. The fourth-order valence-electron chi connectivity index (χ4n) is 3.04. The molecule has 160 valence electrons. The molecule has 0 aliphatic rings. The number of aryl methyl sites for hydroxylation is 2. The molecule has 0 unspecified atom stereocenters. The van der Waals surface area contributed by atoms with Crippen LogP contribution in [0.15, 0.2) is 71.9 Å². The Balaban J connectivity index is 1.53. The number of hydrogen-bond acceptors (Lipinski definition) is 7. The SMILES string of the molecule is Cc1nc(Oc2ccc(NS(=O)(=O)c3ccccc3C#N)cc2)cc(-n2ccnc2C)n1. The van der Waals surface area contributed by atoms with E-state index in [2.05, 4.69) is 19.7 Å². The summed E-state index contributed by atoms with van der Waals surface area (Å²) in [7, 11) is -3.91. The van der Waals surface area contributed by atoms with Gasteiger partial charge in [0.1, 0.15) is 34.2 Å². The van der Waals surface area contributed by atoms with E-state index in [1.807, 2.05) is 17.6 Å². The fourth-order valence-corrected chi connectivity index (χ4v) is 4.25. The van der Waals surface area contributed by atoms with Gasteiger partial charge in [-0.25, -0.2) is 18.4 Å². The number of rotatable bonds is 6. The van der Waals surface area contributed by atoms with E-state index in [4.69, 9.17) is 10.00 Å². The van der Waals surface area contributed by atoms with Gasteiger partial charge in [0.05, 0.1) is 5.56 Å². The lowest BCUT2D eigenvalue weighted by atomic mass is 10.2. The Kier molecular flexibility index (Phi) is 5.57. The predicted molar refractivity (Wildman–Crippen MR) is 117 cm³/mol. The highest BCUT2D eigenvalue weighted by molar-refractivity contribution is 7.92. The first-order valence-corrected chi connectivity index (χ1v) is 11.0. The van der Waals surface area contributed by atoms with Crippen LogP contribution in [0, 0.1) is 25.2 Å². The molecule has 32 heavy (non-hydrogen) atoms. The molecule has 2 aromatic carbocycles. The van der Waals surface area contributed by atoms with Crippen molar-refractivity contribution in [3.05, 3.63) is 84.2 Å². The number of anilines is 1. The van der Waals surface area contributed by atoms with Crippen molar-refractivity contribution in [2.45, 2.75) is 18.7 Å². The zero-order valence-electron chi connectivity index (χ0n) is 17.2. The number of benzene rings is 2. The Morgan fingerprint density at radius 1 is 1.06 bits per heavy atom. The summed E-state index contributed by atoms with van der Waals surface area (Å²) >= 11 is 0. The maximum atomic E-state index is 12.7. The van der Waals surface area contributed by atoms with Crippen LogP contribution in [0.1, 0.15) is 17.2 Å². The second-order valence-electron chi connectivity index (χ2n) is 6.80. The van der Waals surface area contributed by atoms with Crippen LogP contribution in [-0.4, -0.2) is 27.9 Å². The summed E-state index contributed by atoms with van der Waals surface area (Å²) in [5.74, 6) is 2.76. The number of nitrogens with zero attached hydrogens (tertiary/aromatic N) is 5. The lowest BCUT2D eigenvalue weighted by Crippen LogP contribution is -2.14. The molecule has 0 aliphatic carbocycles. The van der Waals surface area contributed by atoms with Crippen LogP contribution < -0.4 is 9.46 Å². The first-order chi connectivity index (χ1) is 15.4. The topological polar surface area (TPSA) is 123 Å². The van der Waals surface area contributed by atoms with Crippen molar-refractivity contribution in [2.75, 3.05) is 4.72 Å². The average Bonchev–Trinajstić information content (AvgIpc) is 3.20. The summed E-state index contributed by atoms with van der Waals surface area (Å²) in [4.78, 5) is 12.8. The van der Waals surface area contributed by atoms with E-state index in [1.165, 1.54) is 12.1 Å². The molecule has 9 nitrogen and oxygen atoms in total. The molecule has 0 spiro atoms. The lowest BCUT2D eigenvalue weighted by Gasteiger charge is -2.11. The van der Waals surface area contributed by atoms with Gasteiger partial charge in [-0.1, -0.05) is 12.1 Å². The number of aromatic nitrogens is 4. The monoisotopic (exact) mass is 446 g/mol. The number of nitrogens with one attached hydrogen (secondary N) is 1. The minimum atomic E-state index is -3.91. The summed E-state index contributed by atoms with van der Waals surface area (Å²) < 4.78 is 35.4. The van der Waals surface area contributed by atoms with Crippen LogP contribution in [0.25, 0.3) is 5.82 Å². The van der Waals surface area contributed by atoms with Gasteiger partial charge in [-0.3, -0.25) is 9.29 Å². The first-order valence-electron chi connectivity index (χ1n) is 9.51. The van der Waals surface area contributed by atoms with Crippen molar-refractivity contribution in [1.82, 2.24) is 19.5 Å². The molecule has 2 aromatic heterocycles. The Hall–Kier alpha value is -4.23. The summed E-state index contributed by atoms with van der Waals surface area (Å²) in [5.41, 5.74) is 0.404. The number of ether oxygens (including phenoxy) is 1. The number of sulfonamides is 1. The van der Waals surface area contributed by atoms with Crippen molar-refractivity contribution >= 4 is 15.7 Å². The zero-order chi connectivity index (χ0) is 22.7. The Bertz CT molecular complexity index is 1420. The number of nitriles is 1. The molecule has 0 saturated carbocycles. The Morgan fingerprint density at radius 2 is 1.81 bits per heavy atom. The molecule has 4 rings (SSSR count).